The number of rotatable bonds is 3. The van der Waals surface area contributed by atoms with E-state index in [2.05, 4.69) is 42.5 Å². The van der Waals surface area contributed by atoms with Crippen LogP contribution in [0, 0.1) is 22.7 Å². The fraction of sp³-hybridized carbons (Fsp3) is 0.500. The van der Waals surface area contributed by atoms with E-state index in [0.29, 0.717) is 17.1 Å². The number of hydrogen-bond acceptors (Lipinski definition) is 4. The highest BCUT2D eigenvalue weighted by atomic mass is 32.1. The number of aliphatic imine (C=N–C) groups is 1. The van der Waals surface area contributed by atoms with Crippen LogP contribution in [0.3, 0.4) is 0 Å². The summed E-state index contributed by atoms with van der Waals surface area (Å²) in [7, 11) is 0. The number of carbonyl (C=O) groups is 1. The number of hydrogen-bond donors (Lipinski definition) is 2. The van der Waals surface area contributed by atoms with E-state index in [4.69, 9.17) is 4.99 Å². The van der Waals surface area contributed by atoms with Crippen molar-refractivity contribution in [3.8, 4) is 0 Å². The zero-order valence-electron chi connectivity index (χ0n) is 16.6. The first-order valence-electron chi connectivity index (χ1n) is 10.0. The molecule has 1 amide bonds. The molecule has 0 spiro atoms. The Balaban J connectivity index is 1.32. The van der Waals surface area contributed by atoms with Crippen LogP contribution in [0.5, 0.6) is 0 Å². The molecule has 4 aliphatic rings. The Morgan fingerprint density at radius 3 is 2.96 bits per heavy atom. The molecule has 2 aromatic rings. The summed E-state index contributed by atoms with van der Waals surface area (Å²) in [5.41, 5.74) is 5.00. The molecule has 1 aromatic carbocycles. The van der Waals surface area contributed by atoms with Crippen LogP contribution in [-0.4, -0.2) is 23.4 Å². The van der Waals surface area contributed by atoms with Crippen molar-refractivity contribution in [2.24, 2.45) is 27.7 Å². The Kier molecular flexibility index (Phi) is 3.92. The van der Waals surface area contributed by atoms with Crippen molar-refractivity contribution in [3.63, 3.8) is 0 Å². The number of carbonyl (C=O) groups excluding carboxylic acids is 1. The normalized spacial score (nSPS) is 33.8. The number of aromatic nitrogens is 1. The predicted octanol–water partition coefficient (Wildman–Crippen LogP) is 4.18. The maximum absolute atomic E-state index is 12.4. The van der Waals surface area contributed by atoms with Crippen LogP contribution < -0.4 is 10.6 Å². The number of thiazole rings is 1. The van der Waals surface area contributed by atoms with Gasteiger partial charge in [-0.3, -0.25) is 15.1 Å². The minimum atomic E-state index is -0.124. The fourth-order valence-corrected chi connectivity index (χ4v) is 6.24. The summed E-state index contributed by atoms with van der Waals surface area (Å²) in [6.45, 7) is 7.95. The molecule has 1 saturated heterocycles. The Labute approximate surface area is 169 Å². The van der Waals surface area contributed by atoms with Crippen LogP contribution in [0.25, 0.3) is 16.3 Å². The van der Waals surface area contributed by atoms with E-state index in [0.717, 1.165) is 34.2 Å². The Bertz CT molecular complexity index is 1020. The first-order chi connectivity index (χ1) is 13.3. The summed E-state index contributed by atoms with van der Waals surface area (Å²) in [5, 5.41) is 6.06. The molecule has 5 nitrogen and oxygen atoms in total. The summed E-state index contributed by atoms with van der Waals surface area (Å²) < 4.78 is 1.12. The summed E-state index contributed by atoms with van der Waals surface area (Å²) >= 11 is 1.60. The van der Waals surface area contributed by atoms with Crippen molar-refractivity contribution in [2.45, 2.75) is 40.0 Å². The lowest BCUT2D eigenvalue weighted by molar-refractivity contribution is -0.145. The molecule has 3 atom stereocenters. The number of amides is 1. The first-order valence-corrected chi connectivity index (χ1v) is 10.9. The molecule has 2 heterocycles. The van der Waals surface area contributed by atoms with Crippen LogP contribution in [0.4, 0.5) is 0 Å². The average molecular weight is 395 g/mol. The second-order valence-electron chi connectivity index (χ2n) is 9.38. The van der Waals surface area contributed by atoms with Crippen LogP contribution in [0.2, 0.25) is 0 Å². The second-order valence-corrected chi connectivity index (χ2v) is 10.3. The van der Waals surface area contributed by atoms with Gasteiger partial charge in [-0.1, -0.05) is 26.8 Å². The molecule has 6 rings (SSSR count). The van der Waals surface area contributed by atoms with E-state index in [1.165, 1.54) is 19.3 Å². The minimum Gasteiger partial charge on any atom is -0.321 e. The largest absolute Gasteiger partial charge is 0.321 e. The van der Waals surface area contributed by atoms with E-state index in [1.54, 1.807) is 11.3 Å². The van der Waals surface area contributed by atoms with Crippen LogP contribution in [0.1, 0.15) is 45.6 Å². The van der Waals surface area contributed by atoms with Gasteiger partial charge in [-0.2, -0.15) is 0 Å². The molecular formula is C22H26N4OS. The Morgan fingerprint density at radius 1 is 1.32 bits per heavy atom. The molecule has 3 aliphatic carbocycles. The summed E-state index contributed by atoms with van der Waals surface area (Å²) in [5.74, 6) is 2.06. The zero-order valence-corrected chi connectivity index (χ0v) is 17.4. The molecule has 3 saturated carbocycles. The molecule has 2 unspecified atom stereocenters. The summed E-state index contributed by atoms with van der Waals surface area (Å²) in [6, 6.07) is 6.02. The lowest BCUT2D eigenvalue weighted by Gasteiger charge is -2.64. The number of nitrogens with zero attached hydrogens (tertiary/aromatic N) is 2. The molecule has 28 heavy (non-hydrogen) atoms. The van der Waals surface area contributed by atoms with Gasteiger partial charge < -0.3 is 5.32 Å². The zero-order chi connectivity index (χ0) is 19.5. The molecule has 2 bridgehead atoms. The number of guanidine groups is 1. The van der Waals surface area contributed by atoms with Gasteiger partial charge in [0.05, 0.1) is 15.7 Å². The third-order valence-electron chi connectivity index (χ3n) is 7.37. The van der Waals surface area contributed by atoms with Gasteiger partial charge in [0.25, 0.3) is 5.91 Å². The third kappa shape index (κ3) is 2.77. The van der Waals surface area contributed by atoms with Crippen molar-refractivity contribution >= 4 is 39.5 Å². The maximum atomic E-state index is 12.4. The average Bonchev–Trinajstić information content (AvgIpc) is 3.26. The molecule has 4 fully saturated rings. The van der Waals surface area contributed by atoms with Crippen molar-refractivity contribution in [2.75, 3.05) is 6.54 Å². The fourth-order valence-electron chi connectivity index (χ4n) is 5.51. The van der Waals surface area contributed by atoms with Gasteiger partial charge in [-0.15, -0.1) is 11.3 Å². The Morgan fingerprint density at radius 2 is 2.18 bits per heavy atom. The van der Waals surface area contributed by atoms with Gasteiger partial charge >= 0.3 is 0 Å². The number of nitrogens with one attached hydrogen (secondary N) is 2. The highest BCUT2D eigenvalue weighted by Crippen LogP contribution is 2.65. The quantitative estimate of drug-likeness (QED) is 0.768. The Hall–Kier alpha value is -2.21. The maximum Gasteiger partial charge on any atom is 0.274 e. The number of benzene rings is 1. The molecule has 146 valence electrons. The van der Waals surface area contributed by atoms with Crippen molar-refractivity contribution < 1.29 is 4.79 Å². The van der Waals surface area contributed by atoms with Gasteiger partial charge in [0.15, 0.2) is 0 Å². The predicted molar refractivity (Wildman–Crippen MR) is 114 cm³/mol. The lowest BCUT2D eigenvalue weighted by Crippen LogP contribution is -2.57. The molecular weight excluding hydrogens is 368 g/mol. The van der Waals surface area contributed by atoms with E-state index in [-0.39, 0.29) is 11.3 Å². The van der Waals surface area contributed by atoms with Crippen molar-refractivity contribution in [3.05, 3.63) is 35.0 Å². The first kappa shape index (κ1) is 17.9. The van der Waals surface area contributed by atoms with Crippen LogP contribution in [-0.2, 0) is 4.79 Å². The van der Waals surface area contributed by atoms with Crippen LogP contribution in [0.15, 0.2) is 34.4 Å². The van der Waals surface area contributed by atoms with Crippen molar-refractivity contribution in [1.29, 1.82) is 0 Å². The summed E-state index contributed by atoms with van der Waals surface area (Å²) in [4.78, 5) is 21.4. The smallest absolute Gasteiger partial charge is 0.274 e. The molecule has 0 radical (unpaired) electrons. The molecule has 1 aliphatic heterocycles. The van der Waals surface area contributed by atoms with Gasteiger partial charge in [0, 0.05) is 6.54 Å². The van der Waals surface area contributed by atoms with E-state index >= 15 is 0 Å². The third-order valence-corrected chi connectivity index (χ3v) is 8.16. The van der Waals surface area contributed by atoms with E-state index in [9.17, 15) is 4.79 Å². The van der Waals surface area contributed by atoms with Gasteiger partial charge in [-0.05, 0) is 65.7 Å². The SMILES string of the molecule is CC1(C)C2CC[C@@](C)(CN=C3NC(=O)/C(=C/c4ccc5ncsc5c4)N3)C1C2. The highest BCUT2D eigenvalue weighted by Gasteiger charge is 2.58. The van der Waals surface area contributed by atoms with E-state index < -0.39 is 0 Å². The van der Waals surface area contributed by atoms with Crippen molar-refractivity contribution in [1.82, 2.24) is 15.6 Å². The standard InChI is InChI=1S/C22H26N4OS/c1-21(2)14-6-7-22(3,18(21)10-14)11-23-20-25-16(19(27)26-20)8-13-4-5-15-17(9-13)28-12-24-15/h4-5,8-9,12,14,18H,6-7,10-11H2,1-3H3,(H2,23,25,26,27)/b16-8-/t14?,18?,22-/m0/s1. The van der Waals surface area contributed by atoms with Gasteiger partial charge in [-0.25, -0.2) is 4.98 Å². The lowest BCUT2D eigenvalue weighted by atomic mass is 9.41. The topological polar surface area (TPSA) is 66.4 Å². The monoisotopic (exact) mass is 394 g/mol. The number of fused-ring (bicyclic) bond motifs is 3. The van der Waals surface area contributed by atoms with E-state index in [1.807, 2.05) is 23.7 Å². The van der Waals surface area contributed by atoms with Gasteiger partial charge in [0.2, 0.25) is 5.96 Å². The highest BCUT2D eigenvalue weighted by molar-refractivity contribution is 7.16. The molecule has 6 heteroatoms. The molecule has 2 N–H and O–H groups in total. The molecule has 1 aromatic heterocycles. The summed E-state index contributed by atoms with van der Waals surface area (Å²) in [6.07, 6.45) is 5.74. The van der Waals surface area contributed by atoms with Gasteiger partial charge in [0.1, 0.15) is 5.70 Å². The second kappa shape index (κ2) is 6.14. The minimum absolute atomic E-state index is 0.124. The van der Waals surface area contributed by atoms with Crippen LogP contribution >= 0.6 is 11.3 Å².